The molecule has 9 heteroatoms. The Balaban J connectivity index is 2.34. The van der Waals surface area contributed by atoms with Crippen LogP contribution in [0.1, 0.15) is 0 Å². The summed E-state index contributed by atoms with van der Waals surface area (Å²) in [6.07, 6.45) is -4.81. The van der Waals surface area contributed by atoms with Crippen molar-refractivity contribution in [1.82, 2.24) is 4.98 Å². The standard InChI is InChI=1S/C12H8Cl2F3N3O/c13-6-5-7(14)11(20-10(6)18)19-8-3-1-2-4-9(8)21-12(15,16)17/h1-5H,(H3,18,19,20). The molecule has 112 valence electrons. The highest BCUT2D eigenvalue weighted by atomic mass is 35.5. The van der Waals surface area contributed by atoms with E-state index in [1.54, 1.807) is 0 Å². The van der Waals surface area contributed by atoms with Crippen molar-refractivity contribution in [2.24, 2.45) is 0 Å². The summed E-state index contributed by atoms with van der Waals surface area (Å²) in [5.41, 5.74) is 5.56. The van der Waals surface area contributed by atoms with Gasteiger partial charge in [-0.05, 0) is 18.2 Å². The van der Waals surface area contributed by atoms with E-state index in [1.165, 1.54) is 24.3 Å². The molecular weight excluding hydrogens is 330 g/mol. The van der Waals surface area contributed by atoms with Gasteiger partial charge in [0.1, 0.15) is 5.82 Å². The maximum atomic E-state index is 12.3. The summed E-state index contributed by atoms with van der Waals surface area (Å²) >= 11 is 11.6. The molecule has 0 saturated carbocycles. The van der Waals surface area contributed by atoms with Gasteiger partial charge in [0.05, 0.1) is 15.7 Å². The topological polar surface area (TPSA) is 60.2 Å². The number of halogens is 5. The molecule has 0 atom stereocenters. The first kappa shape index (κ1) is 15.5. The Hall–Kier alpha value is -1.86. The quantitative estimate of drug-likeness (QED) is 0.858. The summed E-state index contributed by atoms with van der Waals surface area (Å²) in [6, 6.07) is 6.80. The Bertz CT molecular complexity index is 665. The van der Waals surface area contributed by atoms with Crippen molar-refractivity contribution in [3.8, 4) is 5.75 Å². The van der Waals surface area contributed by atoms with E-state index in [0.717, 1.165) is 6.07 Å². The lowest BCUT2D eigenvalue weighted by atomic mass is 10.3. The van der Waals surface area contributed by atoms with Crippen LogP contribution in [0.5, 0.6) is 5.75 Å². The molecule has 0 aliphatic carbocycles. The number of pyridine rings is 1. The molecule has 2 aromatic rings. The van der Waals surface area contributed by atoms with E-state index in [-0.39, 0.29) is 27.4 Å². The maximum Gasteiger partial charge on any atom is 0.573 e. The van der Waals surface area contributed by atoms with Crippen molar-refractivity contribution in [3.05, 3.63) is 40.4 Å². The SMILES string of the molecule is Nc1nc(Nc2ccccc2OC(F)(F)F)c(Cl)cc1Cl. The van der Waals surface area contributed by atoms with E-state index in [9.17, 15) is 13.2 Å². The average Bonchev–Trinajstić information content (AvgIpc) is 2.36. The van der Waals surface area contributed by atoms with Gasteiger partial charge in [0.2, 0.25) is 0 Å². The monoisotopic (exact) mass is 337 g/mol. The largest absolute Gasteiger partial charge is 0.573 e. The molecule has 4 nitrogen and oxygen atoms in total. The third-order valence-electron chi connectivity index (χ3n) is 2.32. The van der Waals surface area contributed by atoms with Gasteiger partial charge in [-0.1, -0.05) is 35.3 Å². The molecule has 1 aromatic carbocycles. The smallest absolute Gasteiger partial charge is 0.404 e. The second kappa shape index (κ2) is 5.87. The Kier molecular flexibility index (Phi) is 4.34. The Morgan fingerprint density at radius 1 is 1.14 bits per heavy atom. The predicted molar refractivity (Wildman–Crippen MR) is 75.1 cm³/mol. The zero-order valence-electron chi connectivity index (χ0n) is 10.2. The van der Waals surface area contributed by atoms with Crippen LogP contribution in [0.3, 0.4) is 0 Å². The molecule has 0 fully saturated rings. The first-order chi connectivity index (χ1) is 9.76. The number of nitrogens with two attached hydrogens (primary N) is 1. The van der Waals surface area contributed by atoms with Crippen molar-refractivity contribution >= 4 is 40.5 Å². The number of benzene rings is 1. The second-order valence-electron chi connectivity index (χ2n) is 3.85. The van der Waals surface area contributed by atoms with E-state index in [2.05, 4.69) is 15.0 Å². The van der Waals surface area contributed by atoms with Crippen LogP contribution in [0.15, 0.2) is 30.3 Å². The number of rotatable bonds is 3. The van der Waals surface area contributed by atoms with E-state index >= 15 is 0 Å². The fourth-order valence-electron chi connectivity index (χ4n) is 1.48. The van der Waals surface area contributed by atoms with Gasteiger partial charge in [0.25, 0.3) is 0 Å². The minimum Gasteiger partial charge on any atom is -0.404 e. The summed E-state index contributed by atoms with van der Waals surface area (Å²) < 4.78 is 40.9. The fourth-order valence-corrected chi connectivity index (χ4v) is 1.89. The fraction of sp³-hybridized carbons (Fsp3) is 0.0833. The molecule has 0 aliphatic heterocycles. The third kappa shape index (κ3) is 4.05. The summed E-state index contributed by atoms with van der Waals surface area (Å²) in [5, 5.41) is 2.88. The van der Waals surface area contributed by atoms with Crippen LogP contribution in [0.25, 0.3) is 0 Å². The summed E-state index contributed by atoms with van der Waals surface area (Å²) in [4.78, 5) is 3.87. The number of para-hydroxylation sites is 2. The number of nitrogens with one attached hydrogen (secondary N) is 1. The van der Waals surface area contributed by atoms with E-state index in [0.29, 0.717) is 0 Å². The molecule has 0 unspecified atom stereocenters. The lowest BCUT2D eigenvalue weighted by Crippen LogP contribution is -2.18. The Labute approximate surface area is 127 Å². The summed E-state index contributed by atoms with van der Waals surface area (Å²) in [6.45, 7) is 0. The molecule has 1 heterocycles. The Morgan fingerprint density at radius 3 is 2.48 bits per heavy atom. The maximum absolute atomic E-state index is 12.3. The minimum atomic E-state index is -4.81. The van der Waals surface area contributed by atoms with Crippen molar-refractivity contribution in [1.29, 1.82) is 0 Å². The summed E-state index contributed by atoms with van der Waals surface area (Å²) in [7, 11) is 0. The molecule has 2 rings (SSSR count). The molecule has 3 N–H and O–H groups in total. The van der Waals surface area contributed by atoms with Gasteiger partial charge in [-0.15, -0.1) is 13.2 Å². The van der Waals surface area contributed by atoms with Gasteiger partial charge < -0.3 is 15.8 Å². The molecule has 0 amide bonds. The van der Waals surface area contributed by atoms with Gasteiger partial charge >= 0.3 is 6.36 Å². The number of hydrogen-bond acceptors (Lipinski definition) is 4. The van der Waals surface area contributed by atoms with E-state index in [1.807, 2.05) is 0 Å². The first-order valence-corrected chi connectivity index (χ1v) is 6.25. The van der Waals surface area contributed by atoms with Crippen LogP contribution in [0.2, 0.25) is 10.0 Å². The number of nitrogen functional groups attached to an aromatic ring is 1. The molecule has 0 bridgehead atoms. The molecule has 0 radical (unpaired) electrons. The third-order valence-corrected chi connectivity index (χ3v) is 2.91. The van der Waals surface area contributed by atoms with Crippen molar-refractivity contribution in [2.45, 2.75) is 6.36 Å². The molecule has 21 heavy (non-hydrogen) atoms. The summed E-state index contributed by atoms with van der Waals surface area (Å²) in [5.74, 6) is -0.356. The average molecular weight is 338 g/mol. The van der Waals surface area contributed by atoms with Gasteiger partial charge in [-0.2, -0.15) is 0 Å². The number of hydrogen-bond donors (Lipinski definition) is 2. The number of anilines is 3. The minimum absolute atomic E-state index is 0.00205. The highest BCUT2D eigenvalue weighted by molar-refractivity contribution is 6.37. The molecule has 0 saturated heterocycles. The van der Waals surface area contributed by atoms with Gasteiger partial charge in [0.15, 0.2) is 11.6 Å². The molecule has 0 spiro atoms. The first-order valence-electron chi connectivity index (χ1n) is 5.49. The Morgan fingerprint density at radius 2 is 1.81 bits per heavy atom. The zero-order valence-corrected chi connectivity index (χ0v) is 11.7. The van der Waals surface area contributed by atoms with Gasteiger partial charge in [-0.25, -0.2) is 4.98 Å². The number of ether oxygens (including phenoxy) is 1. The van der Waals surface area contributed by atoms with Crippen molar-refractivity contribution in [3.63, 3.8) is 0 Å². The van der Waals surface area contributed by atoms with Crippen molar-refractivity contribution in [2.75, 3.05) is 11.1 Å². The second-order valence-corrected chi connectivity index (χ2v) is 4.67. The normalized spacial score (nSPS) is 11.3. The predicted octanol–water partition coefficient (Wildman–Crippen LogP) is 4.61. The van der Waals surface area contributed by atoms with E-state index in [4.69, 9.17) is 28.9 Å². The molecule has 1 aromatic heterocycles. The van der Waals surface area contributed by atoms with Crippen LogP contribution < -0.4 is 15.8 Å². The van der Waals surface area contributed by atoms with Crippen LogP contribution in [-0.4, -0.2) is 11.3 Å². The lowest BCUT2D eigenvalue weighted by Gasteiger charge is -2.15. The highest BCUT2D eigenvalue weighted by Gasteiger charge is 2.32. The molecular formula is C12H8Cl2F3N3O. The number of aromatic nitrogens is 1. The van der Waals surface area contributed by atoms with Crippen LogP contribution >= 0.6 is 23.2 Å². The molecule has 0 aliphatic rings. The van der Waals surface area contributed by atoms with Gasteiger partial charge in [0, 0.05) is 0 Å². The zero-order chi connectivity index (χ0) is 15.6. The highest BCUT2D eigenvalue weighted by Crippen LogP contribution is 2.35. The lowest BCUT2D eigenvalue weighted by molar-refractivity contribution is -0.274. The van der Waals surface area contributed by atoms with Crippen molar-refractivity contribution < 1.29 is 17.9 Å². The van der Waals surface area contributed by atoms with Crippen LogP contribution in [0, 0.1) is 0 Å². The van der Waals surface area contributed by atoms with Crippen LogP contribution in [-0.2, 0) is 0 Å². The number of alkyl halides is 3. The number of nitrogens with zero attached hydrogens (tertiary/aromatic N) is 1. The van der Waals surface area contributed by atoms with Crippen LogP contribution in [0.4, 0.5) is 30.5 Å². The van der Waals surface area contributed by atoms with Gasteiger partial charge in [-0.3, -0.25) is 0 Å². The van der Waals surface area contributed by atoms with E-state index < -0.39 is 12.1 Å².